The molecule has 0 saturated carbocycles. The van der Waals surface area contributed by atoms with Crippen LogP contribution in [0.3, 0.4) is 0 Å². The molecule has 0 atom stereocenters. The minimum atomic E-state index is 0.915. The first-order chi connectivity index (χ1) is 12.9. The summed E-state index contributed by atoms with van der Waals surface area (Å²) >= 11 is 0. The van der Waals surface area contributed by atoms with Crippen molar-refractivity contribution in [3.63, 3.8) is 0 Å². The molecule has 4 heteroatoms. The summed E-state index contributed by atoms with van der Waals surface area (Å²) in [6.45, 7) is 0. The Hall–Kier alpha value is -3.66. The van der Waals surface area contributed by atoms with Gasteiger partial charge in [-0.2, -0.15) is 0 Å². The van der Waals surface area contributed by atoms with Gasteiger partial charge in [-0.3, -0.25) is 4.98 Å². The second kappa shape index (κ2) is 4.92. The highest BCUT2D eigenvalue weighted by Gasteiger charge is 2.09. The standard InChI is InChI=1S/C22H14N4/c1-2-6-18-14(4-1)17-12-24-19(11-21(17)25-18)13-7-8-15-16-5-3-9-23-22(16)26-20(15)10-13/h1-12,25H,(H,23,26). The molecule has 26 heavy (non-hydrogen) atoms. The Bertz CT molecular complexity index is 1330. The summed E-state index contributed by atoms with van der Waals surface area (Å²) in [5.41, 5.74) is 6.28. The molecule has 0 aliphatic carbocycles. The van der Waals surface area contributed by atoms with E-state index < -0.39 is 0 Å². The van der Waals surface area contributed by atoms with E-state index >= 15 is 0 Å². The van der Waals surface area contributed by atoms with Gasteiger partial charge in [0.05, 0.1) is 11.2 Å². The number of benzene rings is 2. The van der Waals surface area contributed by atoms with Crippen molar-refractivity contribution < 1.29 is 0 Å². The van der Waals surface area contributed by atoms with Crippen molar-refractivity contribution in [3.8, 4) is 11.3 Å². The lowest BCUT2D eigenvalue weighted by Crippen LogP contribution is -1.83. The molecule has 4 aromatic heterocycles. The van der Waals surface area contributed by atoms with E-state index in [1.54, 1.807) is 0 Å². The summed E-state index contributed by atoms with van der Waals surface area (Å²) in [5.74, 6) is 0. The largest absolute Gasteiger partial charge is 0.354 e. The Morgan fingerprint density at radius 2 is 1.46 bits per heavy atom. The third-order valence-corrected chi connectivity index (χ3v) is 5.06. The zero-order valence-corrected chi connectivity index (χ0v) is 13.8. The molecule has 4 heterocycles. The van der Waals surface area contributed by atoms with Crippen LogP contribution in [0.1, 0.15) is 0 Å². The maximum Gasteiger partial charge on any atom is 0.138 e. The highest BCUT2D eigenvalue weighted by Crippen LogP contribution is 2.31. The van der Waals surface area contributed by atoms with Crippen molar-refractivity contribution in [2.75, 3.05) is 0 Å². The predicted molar refractivity (Wildman–Crippen MR) is 106 cm³/mol. The van der Waals surface area contributed by atoms with Crippen LogP contribution in [0, 0.1) is 0 Å². The van der Waals surface area contributed by atoms with Gasteiger partial charge in [0.2, 0.25) is 0 Å². The quantitative estimate of drug-likeness (QED) is 0.422. The van der Waals surface area contributed by atoms with Crippen LogP contribution in [0.5, 0.6) is 0 Å². The van der Waals surface area contributed by atoms with Gasteiger partial charge in [0.15, 0.2) is 0 Å². The molecule has 0 bridgehead atoms. The SMILES string of the molecule is c1ccc2c(c1)[nH]c1cc(-c3ccc4c(c3)[nH]c3ncccc34)ncc12. The number of H-pyrrole nitrogens is 2. The number of aromatic nitrogens is 4. The lowest BCUT2D eigenvalue weighted by Gasteiger charge is -2.02. The van der Waals surface area contributed by atoms with E-state index in [0.717, 1.165) is 44.2 Å². The molecule has 2 N–H and O–H groups in total. The van der Waals surface area contributed by atoms with Crippen molar-refractivity contribution in [1.82, 2.24) is 19.9 Å². The number of para-hydroxylation sites is 1. The molecule has 0 amide bonds. The normalized spacial score (nSPS) is 11.8. The van der Waals surface area contributed by atoms with Crippen LogP contribution in [0.25, 0.3) is 55.0 Å². The molecular formula is C22H14N4. The second-order valence-electron chi connectivity index (χ2n) is 6.57. The summed E-state index contributed by atoms with van der Waals surface area (Å²) < 4.78 is 0. The van der Waals surface area contributed by atoms with Gasteiger partial charge in [0.1, 0.15) is 5.65 Å². The summed E-state index contributed by atoms with van der Waals surface area (Å²) in [5, 5.41) is 4.69. The Morgan fingerprint density at radius 1 is 0.615 bits per heavy atom. The maximum atomic E-state index is 4.71. The predicted octanol–water partition coefficient (Wildman–Crippen LogP) is 5.41. The number of nitrogens with zero attached hydrogens (tertiary/aromatic N) is 2. The smallest absolute Gasteiger partial charge is 0.138 e. The number of pyridine rings is 2. The van der Waals surface area contributed by atoms with E-state index in [2.05, 4.69) is 63.5 Å². The Morgan fingerprint density at radius 3 is 2.46 bits per heavy atom. The summed E-state index contributed by atoms with van der Waals surface area (Å²) in [6, 6.07) is 20.9. The number of nitrogens with one attached hydrogen (secondary N) is 2. The fourth-order valence-corrected chi connectivity index (χ4v) is 3.80. The molecule has 6 rings (SSSR count). The monoisotopic (exact) mass is 334 g/mol. The van der Waals surface area contributed by atoms with E-state index in [9.17, 15) is 0 Å². The van der Waals surface area contributed by atoms with E-state index in [4.69, 9.17) is 4.98 Å². The van der Waals surface area contributed by atoms with Crippen LogP contribution in [-0.2, 0) is 0 Å². The van der Waals surface area contributed by atoms with Crippen molar-refractivity contribution in [3.05, 3.63) is 73.1 Å². The van der Waals surface area contributed by atoms with Crippen LogP contribution in [0.2, 0.25) is 0 Å². The van der Waals surface area contributed by atoms with E-state index in [1.807, 2.05) is 24.5 Å². The lowest BCUT2D eigenvalue weighted by molar-refractivity contribution is 1.34. The van der Waals surface area contributed by atoms with Gasteiger partial charge in [0, 0.05) is 50.5 Å². The van der Waals surface area contributed by atoms with Crippen LogP contribution in [-0.4, -0.2) is 19.9 Å². The Kier molecular flexibility index (Phi) is 2.58. The van der Waals surface area contributed by atoms with Gasteiger partial charge in [-0.25, -0.2) is 4.98 Å². The maximum absolute atomic E-state index is 4.71. The van der Waals surface area contributed by atoms with E-state index in [0.29, 0.717) is 0 Å². The van der Waals surface area contributed by atoms with Gasteiger partial charge in [-0.15, -0.1) is 0 Å². The number of fused-ring (bicyclic) bond motifs is 6. The van der Waals surface area contributed by atoms with Gasteiger partial charge < -0.3 is 9.97 Å². The highest BCUT2D eigenvalue weighted by molar-refractivity contribution is 6.08. The van der Waals surface area contributed by atoms with Crippen molar-refractivity contribution >= 4 is 43.7 Å². The van der Waals surface area contributed by atoms with Gasteiger partial charge in [-0.1, -0.05) is 30.3 Å². The molecule has 6 aromatic rings. The van der Waals surface area contributed by atoms with E-state index in [-0.39, 0.29) is 0 Å². The second-order valence-corrected chi connectivity index (χ2v) is 6.57. The zero-order chi connectivity index (χ0) is 17.1. The van der Waals surface area contributed by atoms with Crippen molar-refractivity contribution in [2.24, 2.45) is 0 Å². The first-order valence-corrected chi connectivity index (χ1v) is 8.60. The van der Waals surface area contributed by atoms with Crippen LogP contribution in [0.15, 0.2) is 73.1 Å². The lowest BCUT2D eigenvalue weighted by atomic mass is 10.1. The summed E-state index contributed by atoms with van der Waals surface area (Å²) in [4.78, 5) is 16.0. The fraction of sp³-hybridized carbons (Fsp3) is 0. The average Bonchev–Trinajstić information content (AvgIpc) is 3.24. The molecule has 0 radical (unpaired) electrons. The van der Waals surface area contributed by atoms with Crippen LogP contribution in [0.4, 0.5) is 0 Å². The topological polar surface area (TPSA) is 57.4 Å². The van der Waals surface area contributed by atoms with Crippen LogP contribution >= 0.6 is 0 Å². The van der Waals surface area contributed by atoms with Gasteiger partial charge in [-0.05, 0) is 30.3 Å². The van der Waals surface area contributed by atoms with Gasteiger partial charge in [0.25, 0.3) is 0 Å². The molecular weight excluding hydrogens is 320 g/mol. The highest BCUT2D eigenvalue weighted by atomic mass is 14.8. The third kappa shape index (κ3) is 1.84. The minimum Gasteiger partial charge on any atom is -0.354 e. The molecule has 0 unspecified atom stereocenters. The molecule has 0 fully saturated rings. The van der Waals surface area contributed by atoms with Gasteiger partial charge >= 0.3 is 0 Å². The number of aromatic amines is 2. The number of hydrogen-bond donors (Lipinski definition) is 2. The van der Waals surface area contributed by atoms with Crippen LogP contribution < -0.4 is 0 Å². The first kappa shape index (κ1) is 13.6. The summed E-state index contributed by atoms with van der Waals surface area (Å²) in [7, 11) is 0. The first-order valence-electron chi connectivity index (χ1n) is 8.60. The Balaban J connectivity index is 1.57. The van der Waals surface area contributed by atoms with Crippen molar-refractivity contribution in [2.45, 2.75) is 0 Å². The fourth-order valence-electron chi connectivity index (χ4n) is 3.80. The molecule has 0 aliphatic heterocycles. The van der Waals surface area contributed by atoms with E-state index in [1.165, 1.54) is 10.8 Å². The third-order valence-electron chi connectivity index (χ3n) is 5.06. The minimum absolute atomic E-state index is 0.915. The molecule has 0 aliphatic rings. The Labute approximate surface area is 148 Å². The summed E-state index contributed by atoms with van der Waals surface area (Å²) in [6.07, 6.45) is 3.77. The molecule has 4 nitrogen and oxygen atoms in total. The molecule has 122 valence electrons. The zero-order valence-electron chi connectivity index (χ0n) is 13.8. The number of hydrogen-bond acceptors (Lipinski definition) is 2. The van der Waals surface area contributed by atoms with Crippen molar-refractivity contribution in [1.29, 1.82) is 0 Å². The molecule has 2 aromatic carbocycles. The molecule has 0 spiro atoms. The number of rotatable bonds is 1. The molecule has 0 saturated heterocycles. The average molecular weight is 334 g/mol.